The zero-order chi connectivity index (χ0) is 28.5. The van der Waals surface area contributed by atoms with Gasteiger partial charge >= 0.3 is 5.97 Å². The summed E-state index contributed by atoms with van der Waals surface area (Å²) in [5.41, 5.74) is 2.04. The van der Waals surface area contributed by atoms with Crippen LogP contribution in [0.15, 0.2) is 86.0 Å². The zero-order valence-corrected chi connectivity index (χ0v) is 22.9. The fraction of sp³-hybridized carbons (Fsp3) is 0.406. The van der Waals surface area contributed by atoms with Gasteiger partial charge in [-0.25, -0.2) is 0 Å². The highest BCUT2D eigenvalue weighted by atomic mass is 16.5. The maximum atomic E-state index is 13.2. The second kappa shape index (κ2) is 17.7. The van der Waals surface area contributed by atoms with Crippen molar-refractivity contribution in [3.63, 3.8) is 0 Å². The highest BCUT2D eigenvalue weighted by molar-refractivity contribution is 5.86. The Morgan fingerprint density at radius 1 is 0.897 bits per heavy atom. The van der Waals surface area contributed by atoms with E-state index in [1.807, 2.05) is 60.7 Å². The van der Waals surface area contributed by atoms with Crippen LogP contribution in [0.3, 0.4) is 0 Å². The number of hydrogen-bond acceptors (Lipinski definition) is 5. The van der Waals surface area contributed by atoms with Gasteiger partial charge in [-0.2, -0.15) is 0 Å². The molecule has 0 aliphatic rings. The van der Waals surface area contributed by atoms with E-state index in [2.05, 4.69) is 23.8 Å². The molecule has 4 atom stereocenters. The van der Waals surface area contributed by atoms with Crippen molar-refractivity contribution in [3.8, 4) is 0 Å². The lowest BCUT2D eigenvalue weighted by molar-refractivity contribution is -0.150. The minimum absolute atomic E-state index is 0.00734. The number of hydrogen-bond donors (Lipinski definition) is 3. The summed E-state index contributed by atoms with van der Waals surface area (Å²) < 4.78 is 5.78. The second-order valence-electron chi connectivity index (χ2n) is 9.85. The van der Waals surface area contributed by atoms with Crippen molar-refractivity contribution < 1.29 is 24.2 Å². The minimum Gasteiger partial charge on any atom is -0.463 e. The van der Waals surface area contributed by atoms with Gasteiger partial charge in [0.15, 0.2) is 0 Å². The predicted octanol–water partition coefficient (Wildman–Crippen LogP) is 4.16. The molecular formula is C32H42N2O5. The van der Waals surface area contributed by atoms with E-state index < -0.39 is 18.0 Å². The summed E-state index contributed by atoms with van der Waals surface area (Å²) in [4.78, 5) is 38.8. The fourth-order valence-electron chi connectivity index (χ4n) is 4.28. The van der Waals surface area contributed by atoms with Crippen LogP contribution in [0.5, 0.6) is 0 Å². The molecule has 39 heavy (non-hydrogen) atoms. The van der Waals surface area contributed by atoms with Crippen molar-refractivity contribution in [2.45, 2.75) is 57.5 Å². The molecular weight excluding hydrogens is 492 g/mol. The molecule has 0 saturated heterocycles. The summed E-state index contributed by atoms with van der Waals surface area (Å²) in [6, 6.07) is 18.6. The smallest absolute Gasteiger partial charge is 0.309 e. The Morgan fingerprint density at radius 3 is 2.08 bits per heavy atom. The first-order valence-corrected chi connectivity index (χ1v) is 13.5. The number of rotatable bonds is 18. The highest BCUT2D eigenvalue weighted by Crippen LogP contribution is 2.18. The zero-order valence-electron chi connectivity index (χ0n) is 22.9. The molecule has 3 N–H and O–H groups in total. The van der Waals surface area contributed by atoms with Gasteiger partial charge in [0, 0.05) is 12.5 Å². The Balaban J connectivity index is 2.11. The van der Waals surface area contributed by atoms with Gasteiger partial charge in [-0.1, -0.05) is 72.8 Å². The summed E-state index contributed by atoms with van der Waals surface area (Å²) in [7, 11) is 0. The Labute approximate surface area is 232 Å². The first-order chi connectivity index (χ1) is 18.9. The molecule has 210 valence electrons. The summed E-state index contributed by atoms with van der Waals surface area (Å²) >= 11 is 0. The molecule has 0 aliphatic carbocycles. The van der Waals surface area contributed by atoms with E-state index in [4.69, 9.17) is 4.74 Å². The van der Waals surface area contributed by atoms with Gasteiger partial charge in [0.05, 0.1) is 24.5 Å². The van der Waals surface area contributed by atoms with E-state index in [-0.39, 0.29) is 43.3 Å². The lowest BCUT2D eigenvalue weighted by Gasteiger charge is -2.24. The fourth-order valence-corrected chi connectivity index (χ4v) is 4.28. The van der Waals surface area contributed by atoms with Gasteiger partial charge in [-0.15, -0.1) is 13.2 Å². The van der Waals surface area contributed by atoms with Crippen molar-refractivity contribution in [1.82, 2.24) is 10.6 Å². The number of nitrogens with one attached hydrogen (secondary N) is 2. The minimum atomic E-state index is -0.638. The van der Waals surface area contributed by atoms with Crippen LogP contribution in [0.2, 0.25) is 0 Å². The second-order valence-corrected chi connectivity index (χ2v) is 9.85. The monoisotopic (exact) mass is 534 g/mol. The van der Waals surface area contributed by atoms with Crippen molar-refractivity contribution in [1.29, 1.82) is 0 Å². The summed E-state index contributed by atoms with van der Waals surface area (Å²) in [5, 5.41) is 14.9. The Kier molecular flexibility index (Phi) is 14.3. The first-order valence-electron chi connectivity index (χ1n) is 13.5. The first kappa shape index (κ1) is 31.5. The van der Waals surface area contributed by atoms with Crippen LogP contribution in [0.4, 0.5) is 0 Å². The van der Waals surface area contributed by atoms with Crippen LogP contribution in [0.25, 0.3) is 0 Å². The van der Waals surface area contributed by atoms with E-state index >= 15 is 0 Å². The van der Waals surface area contributed by atoms with E-state index in [0.717, 1.165) is 11.1 Å². The molecule has 0 aromatic heterocycles. The molecule has 0 radical (unpaired) electrons. The molecule has 0 spiro atoms. The number of carbonyl (C=O) groups excluding carboxylic acids is 3. The van der Waals surface area contributed by atoms with Gasteiger partial charge in [-0.05, 0) is 50.2 Å². The van der Waals surface area contributed by atoms with Crippen molar-refractivity contribution in [2.75, 3.05) is 13.2 Å². The summed E-state index contributed by atoms with van der Waals surface area (Å²) in [6.45, 7) is 9.01. The normalized spacial score (nSPS) is 13.8. The Morgan fingerprint density at radius 2 is 1.51 bits per heavy atom. The predicted molar refractivity (Wildman–Crippen MR) is 154 cm³/mol. The number of esters is 1. The van der Waals surface area contributed by atoms with Crippen LogP contribution >= 0.6 is 0 Å². The maximum Gasteiger partial charge on any atom is 0.309 e. The summed E-state index contributed by atoms with van der Waals surface area (Å²) in [6.07, 6.45) is 6.00. The summed E-state index contributed by atoms with van der Waals surface area (Å²) in [5.74, 6) is -1.92. The number of benzene rings is 2. The average molecular weight is 535 g/mol. The lowest BCUT2D eigenvalue weighted by Crippen LogP contribution is -2.45. The van der Waals surface area contributed by atoms with Crippen LogP contribution in [0, 0.1) is 11.8 Å². The van der Waals surface area contributed by atoms with E-state index in [9.17, 15) is 19.5 Å². The maximum absolute atomic E-state index is 13.2. The van der Waals surface area contributed by atoms with Gasteiger partial charge in [0.25, 0.3) is 0 Å². The van der Waals surface area contributed by atoms with E-state index in [1.54, 1.807) is 19.1 Å². The molecule has 0 heterocycles. The van der Waals surface area contributed by atoms with Gasteiger partial charge < -0.3 is 20.5 Å². The molecule has 4 unspecified atom stereocenters. The molecule has 2 aromatic carbocycles. The number of carbonyl (C=O) groups is 3. The SMILES string of the molecule is C=CCCC(Cc1ccccc1)C(=O)OCC(Cc1ccccc1)NC(=O)C(CC=C)CC(=O)NC(C)CO. The van der Waals surface area contributed by atoms with Crippen LogP contribution in [-0.2, 0) is 32.0 Å². The number of aliphatic hydroxyl groups is 1. The standard InChI is InChI=1S/C32H42N2O5/c1-4-6-18-28(19-25-14-9-7-10-15-25)32(38)39-23-29(20-26-16-11-8-12-17-26)34-31(37)27(13-5-2)21-30(36)33-24(3)22-35/h4-5,7-12,14-17,24,27-29,35H,1-2,6,13,18-23H2,3H3,(H,33,36)(H,34,37). The molecule has 2 aromatic rings. The van der Waals surface area contributed by atoms with Gasteiger partial charge in [-0.3, -0.25) is 14.4 Å². The van der Waals surface area contributed by atoms with Crippen molar-refractivity contribution in [3.05, 3.63) is 97.1 Å². The van der Waals surface area contributed by atoms with Gasteiger partial charge in [0.2, 0.25) is 11.8 Å². The quantitative estimate of drug-likeness (QED) is 0.197. The number of aliphatic hydroxyl groups excluding tert-OH is 1. The van der Waals surface area contributed by atoms with Crippen LogP contribution < -0.4 is 10.6 Å². The Hall–Kier alpha value is -3.71. The lowest BCUT2D eigenvalue weighted by atomic mass is 9.95. The molecule has 0 saturated carbocycles. The molecule has 7 nitrogen and oxygen atoms in total. The topological polar surface area (TPSA) is 105 Å². The van der Waals surface area contributed by atoms with Crippen molar-refractivity contribution in [2.24, 2.45) is 11.8 Å². The third-order valence-corrected chi connectivity index (χ3v) is 6.41. The third-order valence-electron chi connectivity index (χ3n) is 6.41. The molecule has 2 rings (SSSR count). The van der Waals surface area contributed by atoms with E-state index in [1.165, 1.54) is 0 Å². The number of ether oxygens (including phenoxy) is 1. The molecule has 0 aliphatic heterocycles. The molecule has 0 fully saturated rings. The number of amides is 2. The van der Waals surface area contributed by atoms with E-state index in [0.29, 0.717) is 32.1 Å². The van der Waals surface area contributed by atoms with Crippen molar-refractivity contribution >= 4 is 17.8 Å². The largest absolute Gasteiger partial charge is 0.463 e. The Bertz CT molecular complexity index is 1040. The van der Waals surface area contributed by atoms with Crippen LogP contribution in [0.1, 0.15) is 43.7 Å². The highest BCUT2D eigenvalue weighted by Gasteiger charge is 2.26. The molecule has 7 heteroatoms. The van der Waals surface area contributed by atoms with Gasteiger partial charge in [0.1, 0.15) is 6.61 Å². The molecule has 0 bridgehead atoms. The number of allylic oxidation sites excluding steroid dienone is 2. The molecule has 2 amide bonds. The third kappa shape index (κ3) is 12.1. The average Bonchev–Trinajstić information content (AvgIpc) is 2.94. The van der Waals surface area contributed by atoms with Crippen LogP contribution in [-0.4, -0.2) is 48.2 Å².